The number of aliphatic hydroxyl groups excluding tert-OH is 1. The lowest BCUT2D eigenvalue weighted by Crippen LogP contribution is -2.48. The molecule has 1 unspecified atom stereocenters. The van der Waals surface area contributed by atoms with E-state index in [2.05, 4.69) is 27.6 Å². The molecule has 1 aromatic heterocycles. The Morgan fingerprint density at radius 3 is 2.68 bits per heavy atom. The van der Waals surface area contributed by atoms with E-state index in [0.29, 0.717) is 18.3 Å². The molecule has 3 aromatic rings. The van der Waals surface area contributed by atoms with E-state index in [9.17, 15) is 5.11 Å². The Balaban J connectivity index is 1.36. The van der Waals surface area contributed by atoms with E-state index < -0.39 is 6.10 Å². The van der Waals surface area contributed by atoms with Crippen LogP contribution in [0.5, 0.6) is 5.75 Å². The quantitative estimate of drug-likeness (QED) is 0.649. The highest BCUT2D eigenvalue weighted by molar-refractivity contribution is 5.83. The van der Waals surface area contributed by atoms with Crippen LogP contribution in [0.15, 0.2) is 47.0 Å². The fraction of sp³-hybridized carbons (Fsp3) is 0.455. The minimum atomic E-state index is -0.627. The number of nitrogens with one attached hydrogen (secondary N) is 1. The highest BCUT2D eigenvalue weighted by Gasteiger charge is 2.38. The lowest BCUT2D eigenvalue weighted by atomic mass is 9.81. The second kappa shape index (κ2) is 8.29. The van der Waals surface area contributed by atoms with Crippen molar-refractivity contribution in [2.75, 3.05) is 13.2 Å². The van der Waals surface area contributed by atoms with E-state index in [4.69, 9.17) is 9.26 Å². The highest BCUT2D eigenvalue weighted by atomic mass is 16.5. The minimum Gasteiger partial charge on any atom is -0.491 e. The number of benzene rings is 2. The number of rotatable bonds is 7. The molecular weight excluding hydrogens is 354 g/mol. The first kappa shape index (κ1) is 18.9. The van der Waals surface area contributed by atoms with Crippen LogP contribution < -0.4 is 10.1 Å². The van der Waals surface area contributed by atoms with Crippen molar-refractivity contribution in [1.82, 2.24) is 15.5 Å². The normalized spacial score (nSPS) is 17.5. The SMILES string of the molecule is Cc1nc(C2(NCC(O)COc3ccc4ccccc4c3)CCCCC2)no1. The van der Waals surface area contributed by atoms with Crippen LogP contribution in [-0.4, -0.2) is 34.5 Å². The molecule has 28 heavy (non-hydrogen) atoms. The summed E-state index contributed by atoms with van der Waals surface area (Å²) in [5.74, 6) is 2.04. The van der Waals surface area contributed by atoms with Gasteiger partial charge in [-0.2, -0.15) is 4.98 Å². The van der Waals surface area contributed by atoms with Gasteiger partial charge in [0.25, 0.3) is 0 Å². The zero-order valence-electron chi connectivity index (χ0n) is 16.2. The van der Waals surface area contributed by atoms with E-state index in [1.165, 1.54) is 11.8 Å². The fourth-order valence-corrected chi connectivity index (χ4v) is 3.95. The minimum absolute atomic E-state index is 0.229. The predicted molar refractivity (Wildman–Crippen MR) is 107 cm³/mol. The van der Waals surface area contributed by atoms with Gasteiger partial charge in [0.1, 0.15) is 18.5 Å². The summed E-state index contributed by atoms with van der Waals surface area (Å²) in [5.41, 5.74) is -0.320. The van der Waals surface area contributed by atoms with Gasteiger partial charge < -0.3 is 19.7 Å². The molecule has 1 aliphatic rings. The topological polar surface area (TPSA) is 80.4 Å². The molecular formula is C22H27N3O3. The Bertz CT molecular complexity index is 918. The van der Waals surface area contributed by atoms with Crippen LogP contribution in [0.1, 0.15) is 43.8 Å². The van der Waals surface area contributed by atoms with Crippen LogP contribution in [0.3, 0.4) is 0 Å². The number of hydrogen-bond donors (Lipinski definition) is 2. The van der Waals surface area contributed by atoms with Gasteiger partial charge in [0.15, 0.2) is 5.82 Å². The summed E-state index contributed by atoms with van der Waals surface area (Å²) in [6, 6.07) is 14.1. The summed E-state index contributed by atoms with van der Waals surface area (Å²) in [6.07, 6.45) is 4.72. The lowest BCUT2D eigenvalue weighted by Gasteiger charge is -2.36. The van der Waals surface area contributed by atoms with Crippen molar-refractivity contribution in [1.29, 1.82) is 0 Å². The molecule has 1 aliphatic carbocycles. The second-order valence-electron chi connectivity index (χ2n) is 7.63. The first-order valence-corrected chi connectivity index (χ1v) is 10.0. The fourth-order valence-electron chi connectivity index (χ4n) is 3.95. The number of aliphatic hydroxyl groups is 1. The van der Waals surface area contributed by atoms with E-state index in [-0.39, 0.29) is 12.1 Å². The molecule has 0 saturated heterocycles. The van der Waals surface area contributed by atoms with Crippen molar-refractivity contribution >= 4 is 10.8 Å². The number of nitrogens with zero attached hydrogens (tertiary/aromatic N) is 2. The number of aryl methyl sites for hydroxylation is 1. The van der Waals surface area contributed by atoms with Crippen molar-refractivity contribution < 1.29 is 14.4 Å². The lowest BCUT2D eigenvalue weighted by molar-refractivity contribution is 0.0879. The number of fused-ring (bicyclic) bond motifs is 1. The molecule has 0 bridgehead atoms. The summed E-state index contributed by atoms with van der Waals surface area (Å²) in [5, 5.41) is 20.4. The van der Waals surface area contributed by atoms with Gasteiger partial charge in [-0.1, -0.05) is 54.8 Å². The van der Waals surface area contributed by atoms with Gasteiger partial charge in [0, 0.05) is 13.5 Å². The summed E-state index contributed by atoms with van der Waals surface area (Å²) in [6.45, 7) is 2.45. The van der Waals surface area contributed by atoms with Crippen molar-refractivity contribution in [3.8, 4) is 5.75 Å². The van der Waals surface area contributed by atoms with Crippen molar-refractivity contribution in [3.63, 3.8) is 0 Å². The zero-order chi connectivity index (χ0) is 19.4. The third-order valence-corrected chi connectivity index (χ3v) is 5.50. The molecule has 1 atom stereocenters. The molecule has 2 N–H and O–H groups in total. The van der Waals surface area contributed by atoms with Crippen LogP contribution in [-0.2, 0) is 5.54 Å². The zero-order valence-corrected chi connectivity index (χ0v) is 16.2. The van der Waals surface area contributed by atoms with Gasteiger partial charge in [-0.15, -0.1) is 0 Å². The first-order chi connectivity index (χ1) is 13.6. The first-order valence-electron chi connectivity index (χ1n) is 10.0. The van der Waals surface area contributed by atoms with Gasteiger partial charge in [-0.3, -0.25) is 0 Å². The molecule has 0 amide bonds. The van der Waals surface area contributed by atoms with Crippen molar-refractivity contribution in [3.05, 3.63) is 54.2 Å². The van der Waals surface area contributed by atoms with Gasteiger partial charge in [-0.05, 0) is 35.7 Å². The third kappa shape index (κ3) is 4.18. The number of ether oxygens (including phenoxy) is 1. The van der Waals surface area contributed by atoms with Crippen molar-refractivity contribution in [2.24, 2.45) is 0 Å². The van der Waals surface area contributed by atoms with E-state index in [1.807, 2.05) is 30.3 Å². The monoisotopic (exact) mass is 381 g/mol. The van der Waals surface area contributed by atoms with E-state index in [0.717, 1.165) is 36.8 Å². The predicted octanol–water partition coefficient (Wildman–Crippen LogP) is 3.72. The molecule has 1 fully saturated rings. The Hall–Kier alpha value is -2.44. The summed E-state index contributed by atoms with van der Waals surface area (Å²) in [7, 11) is 0. The van der Waals surface area contributed by atoms with Crippen molar-refractivity contribution in [2.45, 2.75) is 50.7 Å². The molecule has 2 aromatic carbocycles. The largest absolute Gasteiger partial charge is 0.491 e. The smallest absolute Gasteiger partial charge is 0.223 e. The Kier molecular flexibility index (Phi) is 5.59. The molecule has 1 heterocycles. The molecule has 6 nitrogen and oxygen atoms in total. The van der Waals surface area contributed by atoms with Gasteiger partial charge in [0.05, 0.1) is 5.54 Å². The van der Waals surface area contributed by atoms with Gasteiger partial charge in [0.2, 0.25) is 5.89 Å². The second-order valence-corrected chi connectivity index (χ2v) is 7.63. The van der Waals surface area contributed by atoms with Crippen LogP contribution in [0.25, 0.3) is 10.8 Å². The molecule has 0 radical (unpaired) electrons. The Morgan fingerprint density at radius 2 is 1.93 bits per heavy atom. The maximum Gasteiger partial charge on any atom is 0.223 e. The van der Waals surface area contributed by atoms with Gasteiger partial charge in [-0.25, -0.2) is 0 Å². The number of aromatic nitrogens is 2. The van der Waals surface area contributed by atoms with Crippen LogP contribution in [0.2, 0.25) is 0 Å². The summed E-state index contributed by atoms with van der Waals surface area (Å²) in [4.78, 5) is 4.45. The van der Waals surface area contributed by atoms with Crippen LogP contribution >= 0.6 is 0 Å². The Labute approximate surface area is 164 Å². The maximum absolute atomic E-state index is 10.5. The number of hydrogen-bond acceptors (Lipinski definition) is 6. The molecule has 148 valence electrons. The van der Waals surface area contributed by atoms with Gasteiger partial charge >= 0.3 is 0 Å². The molecule has 0 aliphatic heterocycles. The van der Waals surface area contributed by atoms with Crippen LogP contribution in [0.4, 0.5) is 0 Å². The van der Waals surface area contributed by atoms with Crippen LogP contribution in [0, 0.1) is 6.92 Å². The summed E-state index contributed by atoms with van der Waals surface area (Å²) >= 11 is 0. The molecule has 0 spiro atoms. The van der Waals surface area contributed by atoms with E-state index >= 15 is 0 Å². The summed E-state index contributed by atoms with van der Waals surface area (Å²) < 4.78 is 11.0. The molecule has 4 rings (SSSR count). The third-order valence-electron chi connectivity index (χ3n) is 5.50. The average Bonchev–Trinajstić information content (AvgIpc) is 3.18. The molecule has 6 heteroatoms. The maximum atomic E-state index is 10.5. The Morgan fingerprint density at radius 1 is 1.14 bits per heavy atom. The average molecular weight is 381 g/mol. The van der Waals surface area contributed by atoms with E-state index in [1.54, 1.807) is 6.92 Å². The highest BCUT2D eigenvalue weighted by Crippen LogP contribution is 2.35. The standard InChI is InChI=1S/C22H27N3O3/c1-16-24-21(25-28-16)22(11-5-2-6-12-22)23-14-19(26)15-27-20-10-9-17-7-3-4-8-18(17)13-20/h3-4,7-10,13,19,23,26H,2,5-6,11-12,14-15H2,1H3. The molecule has 1 saturated carbocycles.